The number of aliphatic hydroxyl groups is 1. The normalized spacial score (nSPS) is 15.8. The van der Waals surface area contributed by atoms with Crippen LogP contribution in [0.4, 0.5) is 5.13 Å². The number of hydrogen-bond donors (Lipinski definition) is 1. The molecule has 1 aliphatic heterocycles. The number of anilines is 1. The van der Waals surface area contributed by atoms with Crippen molar-refractivity contribution in [3.05, 3.63) is 87.9 Å². The first kappa shape index (κ1) is 31.2. The van der Waals surface area contributed by atoms with Gasteiger partial charge in [-0.25, -0.2) is 0 Å². The number of rotatable bonds is 11. The molecular weight excluding hydrogens is 626 g/mol. The third-order valence-electron chi connectivity index (χ3n) is 6.80. The Morgan fingerprint density at radius 1 is 1.00 bits per heavy atom. The lowest BCUT2D eigenvalue weighted by Crippen LogP contribution is -2.29. The zero-order valence-electron chi connectivity index (χ0n) is 24.2. The molecule has 0 radical (unpaired) electrons. The fourth-order valence-corrected chi connectivity index (χ4v) is 6.90. The molecule has 1 unspecified atom stereocenters. The Morgan fingerprint density at radius 3 is 2.30 bits per heavy atom. The number of thioether (sulfide) groups is 1. The van der Waals surface area contributed by atoms with E-state index in [-0.39, 0.29) is 16.5 Å². The van der Waals surface area contributed by atoms with Gasteiger partial charge in [0, 0.05) is 16.3 Å². The summed E-state index contributed by atoms with van der Waals surface area (Å²) >= 11 is 8.86. The topological polar surface area (TPSA) is 120 Å². The number of carbonyl (C=O) groups is 2. The van der Waals surface area contributed by atoms with E-state index in [1.165, 1.54) is 38.0 Å². The van der Waals surface area contributed by atoms with Crippen molar-refractivity contribution >= 4 is 57.3 Å². The summed E-state index contributed by atoms with van der Waals surface area (Å²) in [7, 11) is 4.40. The van der Waals surface area contributed by atoms with Crippen LogP contribution in [0.5, 0.6) is 23.0 Å². The van der Waals surface area contributed by atoms with Gasteiger partial charge in [-0.05, 0) is 60.5 Å². The maximum atomic E-state index is 13.7. The molecule has 3 aromatic carbocycles. The number of carbonyl (C=O) groups excluding carboxylic acids is 2. The first-order valence-electron chi connectivity index (χ1n) is 13.3. The van der Waals surface area contributed by atoms with E-state index in [1.807, 2.05) is 31.2 Å². The third kappa shape index (κ3) is 6.05. The fraction of sp³-hybridized carbons (Fsp3) is 0.226. The lowest BCUT2D eigenvalue weighted by Gasteiger charge is -2.24. The van der Waals surface area contributed by atoms with Crippen LogP contribution < -0.4 is 23.8 Å². The molecule has 44 heavy (non-hydrogen) atoms. The molecule has 10 nitrogen and oxygen atoms in total. The minimum atomic E-state index is -1.09. The monoisotopic (exact) mass is 653 g/mol. The van der Waals surface area contributed by atoms with Crippen molar-refractivity contribution < 1.29 is 33.6 Å². The summed E-state index contributed by atoms with van der Waals surface area (Å²) in [5.74, 6) is -0.0290. The van der Waals surface area contributed by atoms with Crippen molar-refractivity contribution in [2.45, 2.75) is 23.1 Å². The summed E-state index contributed by atoms with van der Waals surface area (Å²) in [4.78, 5) is 28.6. The minimum absolute atomic E-state index is 0.131. The van der Waals surface area contributed by atoms with Crippen LogP contribution in [0.15, 0.2) is 70.6 Å². The quantitative estimate of drug-likeness (QED) is 0.0628. The Labute approximate surface area is 267 Å². The van der Waals surface area contributed by atoms with Crippen LogP contribution in [0, 0.1) is 0 Å². The first-order chi connectivity index (χ1) is 21.3. The van der Waals surface area contributed by atoms with Gasteiger partial charge in [0.2, 0.25) is 10.9 Å². The fourth-order valence-electron chi connectivity index (χ4n) is 4.75. The number of Topliss-reactive ketones (excluding diaryl/α,β-unsaturated/α-hetero) is 1. The van der Waals surface area contributed by atoms with Gasteiger partial charge in [-0.1, -0.05) is 52.9 Å². The molecule has 0 spiro atoms. The summed E-state index contributed by atoms with van der Waals surface area (Å²) < 4.78 is 22.7. The average molecular weight is 654 g/mol. The van der Waals surface area contributed by atoms with E-state index in [2.05, 4.69) is 10.2 Å². The summed E-state index contributed by atoms with van der Waals surface area (Å²) in [6.07, 6.45) is 0. The molecule has 5 rings (SSSR count). The summed E-state index contributed by atoms with van der Waals surface area (Å²) in [6.45, 7) is 2.33. The second-order valence-corrected chi connectivity index (χ2v) is 11.9. The average Bonchev–Trinajstić information content (AvgIpc) is 3.61. The molecule has 1 N–H and O–H groups in total. The molecule has 1 aromatic heterocycles. The van der Waals surface area contributed by atoms with Crippen LogP contribution in [-0.4, -0.2) is 54.9 Å². The maximum Gasteiger partial charge on any atom is 0.301 e. The van der Waals surface area contributed by atoms with Crippen molar-refractivity contribution in [3.63, 3.8) is 0 Å². The van der Waals surface area contributed by atoms with Gasteiger partial charge in [0.25, 0.3) is 5.78 Å². The van der Waals surface area contributed by atoms with Gasteiger partial charge in [0.1, 0.15) is 11.5 Å². The molecule has 1 saturated heterocycles. The molecule has 0 aliphatic carbocycles. The molecule has 228 valence electrons. The van der Waals surface area contributed by atoms with Crippen molar-refractivity contribution in [2.24, 2.45) is 0 Å². The van der Waals surface area contributed by atoms with Crippen LogP contribution in [0.25, 0.3) is 5.76 Å². The first-order valence-corrected chi connectivity index (χ1v) is 15.5. The highest BCUT2D eigenvalue weighted by Crippen LogP contribution is 2.48. The largest absolute Gasteiger partial charge is 0.507 e. The maximum absolute atomic E-state index is 13.7. The second kappa shape index (κ2) is 13.6. The molecule has 0 bridgehead atoms. The Morgan fingerprint density at radius 2 is 1.68 bits per heavy atom. The molecule has 1 atom stereocenters. The SMILES string of the molecule is CCOc1ccc(/C(O)=C2/C(=O)C(=O)N(c3nnc(SCc4ccccc4Cl)s3)C2c2cc(OC)c(OC)c(OC)c2)cc1. The van der Waals surface area contributed by atoms with Gasteiger partial charge in [-0.3, -0.25) is 14.5 Å². The molecule has 13 heteroatoms. The van der Waals surface area contributed by atoms with Gasteiger partial charge < -0.3 is 24.1 Å². The molecule has 2 heterocycles. The second-order valence-electron chi connectivity index (χ2n) is 9.32. The predicted octanol–water partition coefficient (Wildman–Crippen LogP) is 6.53. The number of halogens is 1. The van der Waals surface area contributed by atoms with E-state index in [4.69, 9.17) is 30.5 Å². The lowest BCUT2D eigenvalue weighted by atomic mass is 9.94. The number of benzene rings is 3. The van der Waals surface area contributed by atoms with E-state index in [9.17, 15) is 14.7 Å². The number of methoxy groups -OCH3 is 3. The smallest absolute Gasteiger partial charge is 0.301 e. The Hall–Kier alpha value is -4.26. The molecule has 1 amide bonds. The summed E-state index contributed by atoms with van der Waals surface area (Å²) in [5, 5.41) is 20.9. The van der Waals surface area contributed by atoms with E-state index in [0.717, 1.165) is 16.9 Å². The summed E-state index contributed by atoms with van der Waals surface area (Å²) in [6, 6.07) is 16.2. The van der Waals surface area contributed by atoms with Gasteiger partial charge in [0.15, 0.2) is 15.8 Å². The number of amides is 1. The van der Waals surface area contributed by atoms with Crippen molar-refractivity contribution in [2.75, 3.05) is 32.8 Å². The molecule has 0 saturated carbocycles. The van der Waals surface area contributed by atoms with Crippen LogP contribution in [0.1, 0.15) is 29.7 Å². The van der Waals surface area contributed by atoms with Crippen LogP contribution in [0.2, 0.25) is 5.02 Å². The zero-order chi connectivity index (χ0) is 31.4. The van der Waals surface area contributed by atoms with Crippen LogP contribution in [0.3, 0.4) is 0 Å². The lowest BCUT2D eigenvalue weighted by molar-refractivity contribution is -0.132. The number of aliphatic hydroxyl groups excluding tert-OH is 1. The van der Waals surface area contributed by atoms with Crippen molar-refractivity contribution in [1.29, 1.82) is 0 Å². The third-order valence-corrected chi connectivity index (χ3v) is 9.27. The van der Waals surface area contributed by atoms with Gasteiger partial charge in [-0.2, -0.15) is 0 Å². The van der Waals surface area contributed by atoms with E-state index in [1.54, 1.807) is 36.4 Å². The molecular formula is C31H28ClN3O7S2. The highest BCUT2D eigenvalue weighted by molar-refractivity contribution is 8.00. The molecule has 1 aliphatic rings. The van der Waals surface area contributed by atoms with Gasteiger partial charge in [0.05, 0.1) is 39.6 Å². The van der Waals surface area contributed by atoms with E-state index in [0.29, 0.717) is 55.8 Å². The minimum Gasteiger partial charge on any atom is -0.507 e. The van der Waals surface area contributed by atoms with E-state index < -0.39 is 17.7 Å². The number of aromatic nitrogens is 2. The number of nitrogens with zero attached hydrogens (tertiary/aromatic N) is 3. The Bertz CT molecular complexity index is 1700. The predicted molar refractivity (Wildman–Crippen MR) is 169 cm³/mol. The Kier molecular flexibility index (Phi) is 9.62. The molecule has 4 aromatic rings. The van der Waals surface area contributed by atoms with Gasteiger partial charge in [-0.15, -0.1) is 10.2 Å². The van der Waals surface area contributed by atoms with Crippen molar-refractivity contribution in [1.82, 2.24) is 10.2 Å². The highest BCUT2D eigenvalue weighted by atomic mass is 35.5. The van der Waals surface area contributed by atoms with Crippen molar-refractivity contribution in [3.8, 4) is 23.0 Å². The number of ether oxygens (including phenoxy) is 4. The standard InChI is InChI=1S/C31H28ClN3O7S2/c1-5-42-20-12-10-17(11-13-20)26(36)24-25(19-14-22(39-2)28(41-4)23(15-19)40-3)35(29(38)27(24)37)30-33-34-31(44-30)43-16-18-8-6-7-9-21(18)32/h6-15,25,36H,5,16H2,1-4H3/b26-24-. The summed E-state index contributed by atoms with van der Waals surface area (Å²) in [5.41, 5.74) is 1.54. The molecule has 1 fully saturated rings. The van der Waals surface area contributed by atoms with Gasteiger partial charge >= 0.3 is 5.91 Å². The van der Waals surface area contributed by atoms with Crippen LogP contribution in [-0.2, 0) is 15.3 Å². The number of ketones is 1. The van der Waals surface area contributed by atoms with Crippen LogP contribution >= 0.6 is 34.7 Å². The Balaban J connectivity index is 1.61. The van der Waals surface area contributed by atoms with E-state index >= 15 is 0 Å². The zero-order valence-corrected chi connectivity index (χ0v) is 26.6. The number of hydrogen-bond acceptors (Lipinski definition) is 11. The highest BCUT2D eigenvalue weighted by Gasteiger charge is 2.49.